The zero-order valence-corrected chi connectivity index (χ0v) is 17.4. The molecule has 0 unspecified atom stereocenters. The number of hydrogen-bond acceptors (Lipinski definition) is 4. The molecular formula is C23H29FN4O2. The van der Waals surface area contributed by atoms with E-state index >= 15 is 0 Å². The molecule has 2 amide bonds. The van der Waals surface area contributed by atoms with Crippen LogP contribution in [0.3, 0.4) is 0 Å². The minimum atomic E-state index is -0.302. The van der Waals surface area contributed by atoms with E-state index in [2.05, 4.69) is 10.3 Å². The van der Waals surface area contributed by atoms with Crippen molar-refractivity contribution in [3.05, 3.63) is 59.5 Å². The zero-order chi connectivity index (χ0) is 21.3. The summed E-state index contributed by atoms with van der Waals surface area (Å²) in [7, 11) is 1.74. The van der Waals surface area contributed by atoms with E-state index in [1.54, 1.807) is 35.0 Å². The highest BCUT2D eigenvalue weighted by atomic mass is 19.1. The first-order valence-corrected chi connectivity index (χ1v) is 10.5. The highest BCUT2D eigenvalue weighted by molar-refractivity contribution is 5.84. The number of nitrogens with zero attached hydrogens (tertiary/aromatic N) is 3. The van der Waals surface area contributed by atoms with Crippen molar-refractivity contribution in [1.82, 2.24) is 14.8 Å². The van der Waals surface area contributed by atoms with Gasteiger partial charge in [0.15, 0.2) is 0 Å². The molecule has 1 N–H and O–H groups in total. The molecule has 1 aliphatic heterocycles. The van der Waals surface area contributed by atoms with Crippen LogP contribution in [0.1, 0.15) is 30.5 Å². The van der Waals surface area contributed by atoms with Crippen LogP contribution in [-0.4, -0.2) is 59.8 Å². The Balaban J connectivity index is 1.65. The summed E-state index contributed by atoms with van der Waals surface area (Å²) >= 11 is 0. The molecule has 3 rings (SSSR count). The number of amides is 2. The largest absolute Gasteiger partial charge is 0.368 e. The number of nitrogens with one attached hydrogen (secondary N) is 1. The van der Waals surface area contributed by atoms with Gasteiger partial charge >= 0.3 is 0 Å². The molecule has 1 aliphatic rings. The van der Waals surface area contributed by atoms with Gasteiger partial charge in [-0.15, -0.1) is 0 Å². The number of anilines is 1. The number of hydrogen-bond donors (Lipinski definition) is 1. The van der Waals surface area contributed by atoms with Crippen LogP contribution in [0, 0.1) is 5.82 Å². The van der Waals surface area contributed by atoms with E-state index in [-0.39, 0.29) is 30.6 Å². The standard InChI is InChI=1S/C23H29FN4O2/c1-27-16-14-25-21-11-6-9-19(26-21)8-4-5-15-28(17-23(27)30)22(29)13-12-18-7-2-3-10-20(18)24/h2-3,6-7,9-11H,4-5,8,12-17H2,1H3,(H,25,26). The monoisotopic (exact) mass is 412 g/mol. The van der Waals surface area contributed by atoms with E-state index < -0.39 is 0 Å². The Hall–Kier alpha value is -2.96. The van der Waals surface area contributed by atoms with Gasteiger partial charge in [0, 0.05) is 38.8 Å². The summed E-state index contributed by atoms with van der Waals surface area (Å²) in [4.78, 5) is 33.3. The third kappa shape index (κ3) is 6.27. The Morgan fingerprint density at radius 3 is 2.80 bits per heavy atom. The molecule has 160 valence electrons. The molecule has 2 aromatic rings. The summed E-state index contributed by atoms with van der Waals surface area (Å²) in [6, 6.07) is 12.4. The van der Waals surface area contributed by atoms with Gasteiger partial charge in [-0.3, -0.25) is 9.59 Å². The number of likely N-dealkylation sites (N-methyl/N-ethyl adjacent to an activating group) is 1. The smallest absolute Gasteiger partial charge is 0.241 e. The molecule has 0 radical (unpaired) electrons. The van der Waals surface area contributed by atoms with Gasteiger partial charge in [-0.2, -0.15) is 0 Å². The maximum atomic E-state index is 13.9. The first kappa shape index (κ1) is 21.7. The molecule has 6 nitrogen and oxygen atoms in total. The van der Waals surface area contributed by atoms with Gasteiger partial charge in [-0.25, -0.2) is 9.37 Å². The molecule has 0 saturated heterocycles. The molecule has 1 aromatic carbocycles. The number of rotatable bonds is 3. The molecule has 7 heteroatoms. The van der Waals surface area contributed by atoms with Gasteiger partial charge in [0.25, 0.3) is 0 Å². The summed E-state index contributed by atoms with van der Waals surface area (Å²) in [5.41, 5.74) is 1.53. The van der Waals surface area contributed by atoms with E-state index in [4.69, 9.17) is 0 Å². The lowest BCUT2D eigenvalue weighted by molar-refractivity contribution is -0.139. The maximum Gasteiger partial charge on any atom is 0.241 e. The second kappa shape index (κ2) is 10.7. The van der Waals surface area contributed by atoms with E-state index in [1.165, 1.54) is 6.07 Å². The van der Waals surface area contributed by atoms with Crippen molar-refractivity contribution >= 4 is 17.6 Å². The average Bonchev–Trinajstić information content (AvgIpc) is 2.74. The lowest BCUT2D eigenvalue weighted by Crippen LogP contribution is -2.43. The SMILES string of the molecule is CN1CCNc2cccc(n2)CCCCN(C(=O)CCc2ccccc2F)CC1=O. The molecule has 0 aliphatic carbocycles. The van der Waals surface area contributed by atoms with Crippen LogP contribution < -0.4 is 5.32 Å². The molecule has 30 heavy (non-hydrogen) atoms. The van der Waals surface area contributed by atoms with Gasteiger partial charge in [0.05, 0.1) is 6.54 Å². The van der Waals surface area contributed by atoms with Crippen molar-refractivity contribution in [3.63, 3.8) is 0 Å². The Morgan fingerprint density at radius 2 is 1.97 bits per heavy atom. The number of carbonyl (C=O) groups excluding carboxylic acids is 2. The van der Waals surface area contributed by atoms with Gasteiger partial charge in [-0.1, -0.05) is 24.3 Å². The van der Waals surface area contributed by atoms with Crippen molar-refractivity contribution in [2.75, 3.05) is 38.5 Å². The number of carbonyl (C=O) groups is 2. The molecule has 2 bridgehead atoms. The van der Waals surface area contributed by atoms with Gasteiger partial charge in [0.2, 0.25) is 11.8 Å². The summed E-state index contributed by atoms with van der Waals surface area (Å²) in [6.07, 6.45) is 2.98. The Bertz CT molecular complexity index is 874. The van der Waals surface area contributed by atoms with Crippen molar-refractivity contribution in [2.24, 2.45) is 0 Å². The van der Waals surface area contributed by atoms with Crippen LogP contribution >= 0.6 is 0 Å². The molecular weight excluding hydrogens is 383 g/mol. The van der Waals surface area contributed by atoms with Gasteiger partial charge in [0.1, 0.15) is 11.6 Å². The highest BCUT2D eigenvalue weighted by Crippen LogP contribution is 2.12. The minimum Gasteiger partial charge on any atom is -0.368 e. The number of pyridine rings is 1. The van der Waals surface area contributed by atoms with Crippen molar-refractivity contribution < 1.29 is 14.0 Å². The number of benzene rings is 1. The highest BCUT2D eigenvalue weighted by Gasteiger charge is 2.20. The third-order valence-electron chi connectivity index (χ3n) is 5.34. The van der Waals surface area contributed by atoms with Crippen molar-refractivity contribution in [3.8, 4) is 0 Å². The Kier molecular flexibility index (Phi) is 7.76. The third-order valence-corrected chi connectivity index (χ3v) is 5.34. The molecule has 0 saturated carbocycles. The van der Waals surface area contributed by atoms with E-state index in [1.807, 2.05) is 18.2 Å². The van der Waals surface area contributed by atoms with E-state index in [0.717, 1.165) is 30.8 Å². The summed E-state index contributed by atoms with van der Waals surface area (Å²) < 4.78 is 13.9. The number of aromatic nitrogens is 1. The van der Waals surface area contributed by atoms with Crippen LogP contribution in [0.25, 0.3) is 0 Å². The fourth-order valence-electron chi connectivity index (χ4n) is 3.48. The summed E-state index contributed by atoms with van der Waals surface area (Å²) in [5, 5.41) is 3.25. The molecule has 0 spiro atoms. The second-order valence-corrected chi connectivity index (χ2v) is 7.62. The Labute approximate surface area is 177 Å². The van der Waals surface area contributed by atoms with Crippen LogP contribution in [-0.2, 0) is 22.4 Å². The van der Waals surface area contributed by atoms with Crippen molar-refractivity contribution in [2.45, 2.75) is 32.1 Å². The number of halogens is 1. The molecule has 0 fully saturated rings. The van der Waals surface area contributed by atoms with E-state index in [9.17, 15) is 14.0 Å². The molecule has 1 aromatic heterocycles. The predicted molar refractivity (Wildman–Crippen MR) is 115 cm³/mol. The van der Waals surface area contributed by atoms with Crippen LogP contribution in [0.15, 0.2) is 42.5 Å². The Morgan fingerprint density at radius 1 is 1.13 bits per heavy atom. The maximum absolute atomic E-state index is 13.9. The first-order valence-electron chi connectivity index (χ1n) is 10.5. The fourth-order valence-corrected chi connectivity index (χ4v) is 3.48. The lowest BCUT2D eigenvalue weighted by atomic mass is 10.1. The summed E-state index contributed by atoms with van der Waals surface area (Å²) in [5.74, 6) is 0.292. The topological polar surface area (TPSA) is 65.5 Å². The summed E-state index contributed by atoms with van der Waals surface area (Å²) in [6.45, 7) is 1.66. The lowest BCUT2D eigenvalue weighted by Gasteiger charge is -2.26. The number of fused-ring (bicyclic) bond motifs is 2. The predicted octanol–water partition coefficient (Wildman–Crippen LogP) is 2.89. The quantitative estimate of drug-likeness (QED) is 0.842. The first-order chi connectivity index (χ1) is 14.5. The van der Waals surface area contributed by atoms with Gasteiger partial charge < -0.3 is 15.1 Å². The van der Waals surface area contributed by atoms with Crippen molar-refractivity contribution in [1.29, 1.82) is 0 Å². The number of aryl methyl sites for hydroxylation is 2. The van der Waals surface area contributed by atoms with E-state index in [0.29, 0.717) is 31.6 Å². The van der Waals surface area contributed by atoms with Gasteiger partial charge in [-0.05, 0) is 49.4 Å². The minimum absolute atomic E-state index is 0.0517. The fraction of sp³-hybridized carbons (Fsp3) is 0.435. The zero-order valence-electron chi connectivity index (χ0n) is 17.4. The normalized spacial score (nSPS) is 16.0. The second-order valence-electron chi connectivity index (χ2n) is 7.62. The van der Waals surface area contributed by atoms with Crippen LogP contribution in [0.4, 0.5) is 10.2 Å². The molecule has 0 atom stereocenters. The van der Waals surface area contributed by atoms with Crippen LogP contribution in [0.2, 0.25) is 0 Å². The molecule has 2 heterocycles. The average molecular weight is 413 g/mol. The van der Waals surface area contributed by atoms with Crippen LogP contribution in [0.5, 0.6) is 0 Å².